The highest BCUT2D eigenvalue weighted by Gasteiger charge is 2.15. The van der Waals surface area contributed by atoms with Crippen LogP contribution in [0.2, 0.25) is 0 Å². The van der Waals surface area contributed by atoms with E-state index in [2.05, 4.69) is 15.6 Å². The molecule has 2 rings (SSSR count). The molecular weight excluding hydrogens is 499 g/mol. The summed E-state index contributed by atoms with van der Waals surface area (Å²) in [7, 11) is 5.11. The van der Waals surface area contributed by atoms with E-state index < -0.39 is 0 Å². The average Bonchev–Trinajstić information content (AvgIpc) is 3.25. The zero-order chi connectivity index (χ0) is 20.9. The second kappa shape index (κ2) is 15.2. The number of nitrogens with one attached hydrogen (secondary N) is 2. The SMILES string of the molecule is COc1ccc(CN=C(NCCCOCC2CCOC2)NCC(=O)N(C)C)cc1.I. The minimum absolute atomic E-state index is 0. The average molecular weight is 534 g/mol. The molecule has 1 heterocycles. The molecule has 1 aliphatic heterocycles. The van der Waals surface area contributed by atoms with Gasteiger partial charge in [-0.2, -0.15) is 0 Å². The van der Waals surface area contributed by atoms with Crippen LogP contribution < -0.4 is 15.4 Å². The number of methoxy groups -OCH3 is 1. The molecule has 170 valence electrons. The zero-order valence-electron chi connectivity index (χ0n) is 18.2. The molecule has 0 aromatic heterocycles. The highest BCUT2D eigenvalue weighted by atomic mass is 127. The number of guanidine groups is 1. The van der Waals surface area contributed by atoms with Crippen LogP contribution in [0.5, 0.6) is 5.75 Å². The lowest BCUT2D eigenvalue weighted by atomic mass is 10.1. The molecule has 0 saturated carbocycles. The van der Waals surface area contributed by atoms with Gasteiger partial charge in [0, 0.05) is 39.8 Å². The van der Waals surface area contributed by atoms with E-state index >= 15 is 0 Å². The van der Waals surface area contributed by atoms with Gasteiger partial charge in [0.2, 0.25) is 5.91 Å². The lowest BCUT2D eigenvalue weighted by molar-refractivity contribution is -0.127. The Morgan fingerprint density at radius 1 is 1.27 bits per heavy atom. The molecule has 1 unspecified atom stereocenters. The Labute approximate surface area is 196 Å². The maximum Gasteiger partial charge on any atom is 0.241 e. The standard InChI is InChI=1S/C21H34N4O4.HI/c1-25(2)20(26)14-24-21(23-13-17-5-7-19(27-3)8-6-17)22-10-4-11-28-15-18-9-12-29-16-18;/h5-8,18H,4,9-16H2,1-3H3,(H2,22,23,24);1H. The van der Waals surface area contributed by atoms with Gasteiger partial charge in [-0.15, -0.1) is 24.0 Å². The Balaban J connectivity index is 0.00000450. The van der Waals surface area contributed by atoms with Crippen molar-refractivity contribution in [2.75, 3.05) is 60.7 Å². The first kappa shape index (κ1) is 26.4. The normalized spacial score (nSPS) is 16.0. The fourth-order valence-electron chi connectivity index (χ4n) is 2.74. The Hall–Kier alpha value is -1.59. The summed E-state index contributed by atoms with van der Waals surface area (Å²) in [4.78, 5) is 18.0. The molecule has 9 heteroatoms. The molecular formula is C21H35IN4O4. The van der Waals surface area contributed by atoms with Gasteiger partial charge in [0.1, 0.15) is 5.75 Å². The third-order valence-corrected chi connectivity index (χ3v) is 4.62. The van der Waals surface area contributed by atoms with Crippen molar-refractivity contribution in [1.29, 1.82) is 0 Å². The zero-order valence-corrected chi connectivity index (χ0v) is 20.5. The van der Waals surface area contributed by atoms with Crippen molar-refractivity contribution in [3.05, 3.63) is 29.8 Å². The number of aliphatic imine (C=N–C) groups is 1. The highest BCUT2D eigenvalue weighted by molar-refractivity contribution is 14.0. The monoisotopic (exact) mass is 534 g/mol. The van der Waals surface area contributed by atoms with Gasteiger partial charge < -0.3 is 29.7 Å². The number of hydrogen-bond acceptors (Lipinski definition) is 5. The number of ether oxygens (including phenoxy) is 3. The third kappa shape index (κ3) is 10.4. The predicted octanol–water partition coefficient (Wildman–Crippen LogP) is 1.88. The van der Waals surface area contributed by atoms with Crippen LogP contribution in [0.3, 0.4) is 0 Å². The minimum Gasteiger partial charge on any atom is -0.497 e. The van der Waals surface area contributed by atoms with Gasteiger partial charge in [0.25, 0.3) is 0 Å². The molecule has 1 amide bonds. The summed E-state index contributed by atoms with van der Waals surface area (Å²) >= 11 is 0. The first-order valence-electron chi connectivity index (χ1n) is 10.1. The van der Waals surface area contributed by atoms with Crippen molar-refractivity contribution in [2.45, 2.75) is 19.4 Å². The molecule has 0 bridgehead atoms. The largest absolute Gasteiger partial charge is 0.497 e. The summed E-state index contributed by atoms with van der Waals surface area (Å²) in [6.07, 6.45) is 1.95. The number of benzene rings is 1. The van der Waals surface area contributed by atoms with Gasteiger partial charge in [0.15, 0.2) is 5.96 Å². The molecule has 0 spiro atoms. The van der Waals surface area contributed by atoms with E-state index in [9.17, 15) is 4.79 Å². The van der Waals surface area contributed by atoms with E-state index in [1.54, 1.807) is 26.1 Å². The highest BCUT2D eigenvalue weighted by Crippen LogP contribution is 2.12. The van der Waals surface area contributed by atoms with Crippen LogP contribution in [-0.2, 0) is 20.8 Å². The number of nitrogens with zero attached hydrogens (tertiary/aromatic N) is 2. The van der Waals surface area contributed by atoms with Crippen LogP contribution in [0.4, 0.5) is 0 Å². The Morgan fingerprint density at radius 2 is 2.03 bits per heavy atom. The Kier molecular flexibility index (Phi) is 13.4. The fraction of sp³-hybridized carbons (Fsp3) is 0.619. The summed E-state index contributed by atoms with van der Waals surface area (Å²) in [6, 6.07) is 7.78. The first-order chi connectivity index (χ1) is 14.1. The first-order valence-corrected chi connectivity index (χ1v) is 10.1. The maximum absolute atomic E-state index is 11.9. The quantitative estimate of drug-likeness (QED) is 0.195. The van der Waals surface area contributed by atoms with Crippen molar-refractivity contribution >= 4 is 35.8 Å². The summed E-state index contributed by atoms with van der Waals surface area (Å²) in [5.74, 6) is 1.95. The lowest BCUT2D eigenvalue weighted by Gasteiger charge is -2.15. The lowest BCUT2D eigenvalue weighted by Crippen LogP contribution is -2.43. The van der Waals surface area contributed by atoms with Gasteiger partial charge in [0.05, 0.1) is 33.4 Å². The Morgan fingerprint density at radius 3 is 2.67 bits per heavy atom. The van der Waals surface area contributed by atoms with Crippen LogP contribution in [0.25, 0.3) is 0 Å². The van der Waals surface area contributed by atoms with Gasteiger partial charge >= 0.3 is 0 Å². The second-order valence-electron chi connectivity index (χ2n) is 7.24. The number of rotatable bonds is 11. The molecule has 2 N–H and O–H groups in total. The number of likely N-dealkylation sites (N-methyl/N-ethyl adjacent to an activating group) is 1. The number of hydrogen-bond donors (Lipinski definition) is 2. The number of carbonyl (C=O) groups excluding carboxylic acids is 1. The van der Waals surface area contributed by atoms with Crippen molar-refractivity contribution in [2.24, 2.45) is 10.9 Å². The molecule has 1 aliphatic rings. The smallest absolute Gasteiger partial charge is 0.241 e. The fourth-order valence-corrected chi connectivity index (χ4v) is 2.74. The number of amides is 1. The maximum atomic E-state index is 11.9. The van der Waals surface area contributed by atoms with E-state index in [0.717, 1.165) is 44.0 Å². The molecule has 1 aromatic carbocycles. The van der Waals surface area contributed by atoms with Gasteiger partial charge in [-0.3, -0.25) is 4.79 Å². The van der Waals surface area contributed by atoms with E-state index in [1.807, 2.05) is 24.3 Å². The molecule has 1 aromatic rings. The molecule has 8 nitrogen and oxygen atoms in total. The third-order valence-electron chi connectivity index (χ3n) is 4.62. The van der Waals surface area contributed by atoms with Crippen molar-refractivity contribution < 1.29 is 19.0 Å². The van der Waals surface area contributed by atoms with E-state index in [-0.39, 0.29) is 36.4 Å². The number of carbonyl (C=O) groups is 1. The van der Waals surface area contributed by atoms with Gasteiger partial charge in [-0.1, -0.05) is 12.1 Å². The molecule has 1 fully saturated rings. The van der Waals surface area contributed by atoms with Crippen LogP contribution in [0.1, 0.15) is 18.4 Å². The summed E-state index contributed by atoms with van der Waals surface area (Å²) < 4.78 is 16.3. The van der Waals surface area contributed by atoms with E-state index in [0.29, 0.717) is 31.6 Å². The van der Waals surface area contributed by atoms with E-state index in [1.165, 1.54) is 0 Å². The minimum atomic E-state index is -0.00827. The molecule has 0 aliphatic carbocycles. The van der Waals surface area contributed by atoms with Gasteiger partial charge in [-0.25, -0.2) is 4.99 Å². The van der Waals surface area contributed by atoms with E-state index in [4.69, 9.17) is 14.2 Å². The summed E-state index contributed by atoms with van der Waals surface area (Å²) in [5, 5.41) is 6.37. The molecule has 1 atom stereocenters. The molecule has 30 heavy (non-hydrogen) atoms. The van der Waals surface area contributed by atoms with Crippen LogP contribution >= 0.6 is 24.0 Å². The second-order valence-corrected chi connectivity index (χ2v) is 7.24. The predicted molar refractivity (Wildman–Crippen MR) is 129 cm³/mol. The van der Waals surface area contributed by atoms with Crippen molar-refractivity contribution in [3.63, 3.8) is 0 Å². The van der Waals surface area contributed by atoms with Gasteiger partial charge in [-0.05, 0) is 30.5 Å². The summed E-state index contributed by atoms with van der Waals surface area (Å²) in [5.41, 5.74) is 1.06. The molecule has 1 saturated heterocycles. The topological polar surface area (TPSA) is 84.4 Å². The number of halogens is 1. The van der Waals surface area contributed by atoms with Crippen molar-refractivity contribution in [1.82, 2.24) is 15.5 Å². The van der Waals surface area contributed by atoms with Crippen molar-refractivity contribution in [3.8, 4) is 5.75 Å². The molecule has 0 radical (unpaired) electrons. The Bertz CT molecular complexity index is 634. The van der Waals surface area contributed by atoms with Crippen LogP contribution in [-0.4, -0.2) is 77.5 Å². The van der Waals surface area contributed by atoms with Crippen LogP contribution in [0, 0.1) is 5.92 Å². The van der Waals surface area contributed by atoms with Crippen LogP contribution in [0.15, 0.2) is 29.3 Å². The summed E-state index contributed by atoms with van der Waals surface area (Å²) in [6.45, 7) is 4.52.